The van der Waals surface area contributed by atoms with Gasteiger partial charge in [-0.15, -0.1) is 0 Å². The highest BCUT2D eigenvalue weighted by Crippen LogP contribution is 2.20. The summed E-state index contributed by atoms with van der Waals surface area (Å²) in [4.78, 5) is 7.02. The van der Waals surface area contributed by atoms with Crippen LogP contribution in [0.4, 0.5) is 5.82 Å². The van der Waals surface area contributed by atoms with Gasteiger partial charge in [0.25, 0.3) is 0 Å². The van der Waals surface area contributed by atoms with Gasteiger partial charge in [-0.1, -0.05) is 31.5 Å². The molecule has 0 atom stereocenters. The molecule has 1 saturated carbocycles. The summed E-state index contributed by atoms with van der Waals surface area (Å²) in [5, 5.41) is 3.46. The van der Waals surface area contributed by atoms with Gasteiger partial charge in [0.2, 0.25) is 0 Å². The Morgan fingerprint density at radius 1 is 1.36 bits per heavy atom. The van der Waals surface area contributed by atoms with E-state index in [1.54, 1.807) is 6.33 Å². The Hall–Kier alpha value is -0.900. The molecule has 1 fully saturated rings. The van der Waals surface area contributed by atoms with Crippen molar-refractivity contribution in [2.45, 2.75) is 38.1 Å². The molecule has 14 heavy (non-hydrogen) atoms. The Morgan fingerprint density at radius 2 is 2.14 bits per heavy atom. The van der Waals surface area contributed by atoms with Crippen molar-refractivity contribution in [3.05, 3.63) is 17.0 Å². The minimum absolute atomic E-state index is 0.608. The monoisotopic (exact) mass is 209 g/mol. The molecule has 2 rings (SSSR count). The zero-order valence-corrected chi connectivity index (χ0v) is 8.94. The predicted molar refractivity (Wildman–Crippen MR) is 59.9 cm³/mol. The molecule has 0 aliphatic heterocycles. The number of nitrogens with one attached hydrogen (secondary N) is 2. The smallest absolute Gasteiger partial charge is 0.131 e. The first-order valence-corrected chi connectivity index (χ1v) is 5.57. The van der Waals surface area contributed by atoms with Crippen LogP contribution in [0.25, 0.3) is 0 Å². The van der Waals surface area contributed by atoms with E-state index in [1.807, 2.05) is 6.07 Å². The number of aromatic amines is 1. The molecule has 1 heterocycles. The SMILES string of the molecule is S=c1cc(NC2CCCCC2)[nH]cn1. The zero-order chi connectivity index (χ0) is 9.80. The highest BCUT2D eigenvalue weighted by Gasteiger charge is 2.12. The molecule has 1 aliphatic carbocycles. The molecular formula is C10H15N3S. The maximum absolute atomic E-state index is 5.00. The number of H-pyrrole nitrogens is 1. The van der Waals surface area contributed by atoms with Gasteiger partial charge in [0.15, 0.2) is 0 Å². The predicted octanol–water partition coefficient (Wildman–Crippen LogP) is 2.88. The van der Waals surface area contributed by atoms with Crippen molar-refractivity contribution in [2.75, 3.05) is 5.32 Å². The third kappa shape index (κ3) is 2.54. The minimum Gasteiger partial charge on any atom is -0.369 e. The van der Waals surface area contributed by atoms with E-state index >= 15 is 0 Å². The van der Waals surface area contributed by atoms with Crippen molar-refractivity contribution < 1.29 is 0 Å². The second-order valence-electron chi connectivity index (χ2n) is 3.78. The Morgan fingerprint density at radius 3 is 2.86 bits per heavy atom. The van der Waals surface area contributed by atoms with Gasteiger partial charge in [-0.2, -0.15) is 0 Å². The van der Waals surface area contributed by atoms with Gasteiger partial charge in [-0.05, 0) is 12.8 Å². The number of aromatic nitrogens is 2. The van der Waals surface area contributed by atoms with Crippen molar-refractivity contribution in [3.63, 3.8) is 0 Å². The van der Waals surface area contributed by atoms with E-state index < -0.39 is 0 Å². The van der Waals surface area contributed by atoms with Crippen LogP contribution in [0, 0.1) is 4.64 Å². The van der Waals surface area contributed by atoms with Gasteiger partial charge in [0, 0.05) is 12.1 Å². The van der Waals surface area contributed by atoms with Crippen molar-refractivity contribution in [1.82, 2.24) is 9.97 Å². The molecule has 1 aromatic heterocycles. The molecule has 0 radical (unpaired) electrons. The first-order valence-electron chi connectivity index (χ1n) is 5.16. The Balaban J connectivity index is 1.99. The largest absolute Gasteiger partial charge is 0.369 e. The molecule has 0 aromatic carbocycles. The molecule has 0 unspecified atom stereocenters. The van der Waals surface area contributed by atoms with Gasteiger partial charge in [0.1, 0.15) is 10.5 Å². The van der Waals surface area contributed by atoms with E-state index in [4.69, 9.17) is 12.2 Å². The molecule has 0 amide bonds. The molecule has 1 aromatic rings. The fourth-order valence-corrected chi connectivity index (χ4v) is 2.09. The molecule has 1 aliphatic rings. The lowest BCUT2D eigenvalue weighted by molar-refractivity contribution is 0.462. The van der Waals surface area contributed by atoms with Crippen LogP contribution in [0.3, 0.4) is 0 Å². The Bertz CT molecular complexity index is 341. The lowest BCUT2D eigenvalue weighted by Crippen LogP contribution is -2.22. The second-order valence-corrected chi connectivity index (χ2v) is 4.20. The average Bonchev–Trinajstić information content (AvgIpc) is 2.19. The van der Waals surface area contributed by atoms with E-state index in [9.17, 15) is 0 Å². The molecule has 0 saturated heterocycles. The topological polar surface area (TPSA) is 40.7 Å². The van der Waals surface area contributed by atoms with E-state index in [2.05, 4.69) is 15.3 Å². The molecule has 4 heteroatoms. The highest BCUT2D eigenvalue weighted by atomic mass is 32.1. The maximum atomic E-state index is 5.00. The third-order valence-electron chi connectivity index (χ3n) is 2.64. The van der Waals surface area contributed by atoms with Crippen LogP contribution in [-0.2, 0) is 0 Å². The molecule has 0 bridgehead atoms. The summed E-state index contributed by atoms with van der Waals surface area (Å²) in [5.41, 5.74) is 0. The Kier molecular flexibility index (Phi) is 3.14. The van der Waals surface area contributed by atoms with E-state index in [0.29, 0.717) is 10.7 Å². The molecule has 3 nitrogen and oxygen atoms in total. The summed E-state index contributed by atoms with van der Waals surface area (Å²) in [6.07, 6.45) is 8.23. The van der Waals surface area contributed by atoms with Gasteiger partial charge >= 0.3 is 0 Å². The highest BCUT2D eigenvalue weighted by molar-refractivity contribution is 7.71. The normalized spacial score (nSPS) is 18.0. The summed E-state index contributed by atoms with van der Waals surface area (Å²) in [7, 11) is 0. The lowest BCUT2D eigenvalue weighted by Gasteiger charge is -2.23. The van der Waals surface area contributed by atoms with Gasteiger partial charge in [-0.3, -0.25) is 0 Å². The number of rotatable bonds is 2. The molecule has 2 N–H and O–H groups in total. The number of hydrogen-bond acceptors (Lipinski definition) is 3. The van der Waals surface area contributed by atoms with E-state index in [1.165, 1.54) is 32.1 Å². The van der Waals surface area contributed by atoms with Crippen molar-refractivity contribution >= 4 is 18.0 Å². The fourth-order valence-electron chi connectivity index (χ4n) is 1.92. The second kappa shape index (κ2) is 4.55. The number of anilines is 1. The first kappa shape index (κ1) is 9.65. The third-order valence-corrected chi connectivity index (χ3v) is 2.87. The van der Waals surface area contributed by atoms with Crippen molar-refractivity contribution in [3.8, 4) is 0 Å². The maximum Gasteiger partial charge on any atom is 0.131 e. The standard InChI is InChI=1S/C10H15N3S/c14-10-6-9(11-7-12-10)13-8-4-2-1-3-5-8/h6-8H,1-5H2,(H2,11,12,13,14). The summed E-state index contributed by atoms with van der Waals surface area (Å²) in [6.45, 7) is 0. The number of hydrogen-bond donors (Lipinski definition) is 2. The van der Waals surface area contributed by atoms with Gasteiger partial charge in [-0.25, -0.2) is 4.98 Å². The minimum atomic E-state index is 0.608. The summed E-state index contributed by atoms with van der Waals surface area (Å²) < 4.78 is 0.641. The van der Waals surface area contributed by atoms with Crippen molar-refractivity contribution in [1.29, 1.82) is 0 Å². The summed E-state index contributed by atoms with van der Waals surface area (Å²) in [6, 6.07) is 2.49. The average molecular weight is 209 g/mol. The number of nitrogens with zero attached hydrogens (tertiary/aromatic N) is 1. The first-order chi connectivity index (χ1) is 6.84. The fraction of sp³-hybridized carbons (Fsp3) is 0.600. The summed E-state index contributed by atoms with van der Waals surface area (Å²) in [5.74, 6) is 0.997. The summed E-state index contributed by atoms with van der Waals surface area (Å²) >= 11 is 5.00. The van der Waals surface area contributed by atoms with Gasteiger partial charge in [0.05, 0.1) is 6.33 Å². The van der Waals surface area contributed by atoms with Crippen LogP contribution in [0.15, 0.2) is 12.4 Å². The molecule has 0 spiro atoms. The van der Waals surface area contributed by atoms with Crippen molar-refractivity contribution in [2.24, 2.45) is 0 Å². The van der Waals surface area contributed by atoms with Crippen LogP contribution >= 0.6 is 12.2 Å². The van der Waals surface area contributed by atoms with E-state index in [-0.39, 0.29) is 0 Å². The lowest BCUT2D eigenvalue weighted by atomic mass is 9.95. The van der Waals surface area contributed by atoms with Gasteiger partial charge < -0.3 is 10.3 Å². The molecular weight excluding hydrogens is 194 g/mol. The van der Waals surface area contributed by atoms with Crippen LogP contribution in [-0.4, -0.2) is 16.0 Å². The van der Waals surface area contributed by atoms with E-state index in [0.717, 1.165) is 5.82 Å². The zero-order valence-electron chi connectivity index (χ0n) is 8.12. The van der Waals surface area contributed by atoms with Crippen LogP contribution in [0.5, 0.6) is 0 Å². The quantitative estimate of drug-likeness (QED) is 0.736. The van der Waals surface area contributed by atoms with Crippen LogP contribution in [0.2, 0.25) is 0 Å². The van der Waals surface area contributed by atoms with Crippen LogP contribution in [0.1, 0.15) is 32.1 Å². The molecule has 76 valence electrons. The van der Waals surface area contributed by atoms with Crippen LogP contribution < -0.4 is 5.32 Å². The Labute approximate surface area is 89.0 Å².